The lowest BCUT2D eigenvalue weighted by Gasteiger charge is -2.38. The zero-order valence-corrected chi connectivity index (χ0v) is 9.99. The van der Waals surface area contributed by atoms with Crippen molar-refractivity contribution in [2.45, 2.75) is 24.8 Å². The van der Waals surface area contributed by atoms with Gasteiger partial charge in [-0.3, -0.25) is 0 Å². The Labute approximate surface area is 101 Å². The predicted molar refractivity (Wildman–Crippen MR) is 67.0 cm³/mol. The van der Waals surface area contributed by atoms with Gasteiger partial charge >= 0.3 is 0 Å². The number of hydrogen-bond acceptors (Lipinski definition) is 4. The molecule has 4 nitrogen and oxygen atoms in total. The predicted octanol–water partition coefficient (Wildman–Crippen LogP) is 1.86. The van der Waals surface area contributed by atoms with E-state index in [-0.39, 0.29) is 5.54 Å². The number of benzene rings is 1. The Kier molecular flexibility index (Phi) is 3.21. The molecule has 0 radical (unpaired) electrons. The highest BCUT2D eigenvalue weighted by atomic mass is 16.5. The van der Waals surface area contributed by atoms with Crippen LogP contribution >= 0.6 is 0 Å². The molecule has 1 aliphatic rings. The summed E-state index contributed by atoms with van der Waals surface area (Å²) in [4.78, 5) is 0. The number of anilines is 1. The van der Waals surface area contributed by atoms with Crippen LogP contribution < -0.4 is 15.8 Å². The van der Waals surface area contributed by atoms with Crippen molar-refractivity contribution in [3.63, 3.8) is 0 Å². The fourth-order valence-corrected chi connectivity index (χ4v) is 1.97. The molecule has 0 unspecified atom stereocenters. The van der Waals surface area contributed by atoms with Gasteiger partial charge in [0.2, 0.25) is 0 Å². The molecule has 1 aromatic rings. The van der Waals surface area contributed by atoms with E-state index in [4.69, 9.17) is 15.7 Å². The second kappa shape index (κ2) is 4.64. The van der Waals surface area contributed by atoms with E-state index in [1.54, 1.807) is 19.2 Å². The normalized spacial score (nSPS) is 16.8. The molecule has 3 N–H and O–H groups in total. The maximum atomic E-state index is 9.02. The molecule has 1 aliphatic carbocycles. The summed E-state index contributed by atoms with van der Waals surface area (Å²) >= 11 is 0. The molecule has 4 heteroatoms. The highest BCUT2D eigenvalue weighted by molar-refractivity contribution is 5.60. The van der Waals surface area contributed by atoms with Gasteiger partial charge < -0.3 is 15.8 Å². The first kappa shape index (κ1) is 11.7. The van der Waals surface area contributed by atoms with E-state index in [9.17, 15) is 0 Å². The van der Waals surface area contributed by atoms with Crippen LogP contribution in [0, 0.1) is 11.3 Å². The monoisotopic (exact) mass is 231 g/mol. The van der Waals surface area contributed by atoms with Crippen molar-refractivity contribution in [3.05, 3.63) is 23.8 Å². The van der Waals surface area contributed by atoms with Gasteiger partial charge in [0.05, 0.1) is 18.4 Å². The first-order chi connectivity index (χ1) is 8.17. The molecule has 90 valence electrons. The van der Waals surface area contributed by atoms with Crippen LogP contribution in [0.2, 0.25) is 0 Å². The lowest BCUT2D eigenvalue weighted by molar-refractivity contribution is 0.265. The summed E-state index contributed by atoms with van der Waals surface area (Å²) in [5.74, 6) is 0.742. The number of nitrogens with zero attached hydrogens (tertiary/aromatic N) is 1. The van der Waals surface area contributed by atoms with Crippen LogP contribution in [-0.4, -0.2) is 19.2 Å². The van der Waals surface area contributed by atoms with Crippen molar-refractivity contribution >= 4 is 5.69 Å². The van der Waals surface area contributed by atoms with Gasteiger partial charge in [-0.05, 0) is 31.4 Å². The molecule has 0 saturated heterocycles. The van der Waals surface area contributed by atoms with Crippen LogP contribution in [0.25, 0.3) is 0 Å². The Bertz CT molecular complexity index is 446. The molecule has 0 aliphatic heterocycles. The topological polar surface area (TPSA) is 71.1 Å². The summed E-state index contributed by atoms with van der Waals surface area (Å²) in [5.41, 5.74) is 7.45. The number of nitriles is 1. The van der Waals surface area contributed by atoms with Crippen molar-refractivity contribution in [1.29, 1.82) is 5.26 Å². The van der Waals surface area contributed by atoms with Crippen molar-refractivity contribution in [1.82, 2.24) is 0 Å². The van der Waals surface area contributed by atoms with Crippen molar-refractivity contribution in [2.24, 2.45) is 5.73 Å². The number of nitrogens with one attached hydrogen (secondary N) is 1. The van der Waals surface area contributed by atoms with Crippen LogP contribution in [0.5, 0.6) is 5.75 Å². The van der Waals surface area contributed by atoms with E-state index >= 15 is 0 Å². The second-order valence-corrected chi connectivity index (χ2v) is 4.59. The summed E-state index contributed by atoms with van der Waals surface area (Å²) < 4.78 is 5.15. The smallest absolute Gasteiger partial charge is 0.121 e. The first-order valence-electron chi connectivity index (χ1n) is 5.78. The van der Waals surface area contributed by atoms with Gasteiger partial charge in [0.1, 0.15) is 11.8 Å². The van der Waals surface area contributed by atoms with Gasteiger partial charge in [-0.25, -0.2) is 0 Å². The Hall–Kier alpha value is -1.73. The summed E-state index contributed by atoms with van der Waals surface area (Å²) in [5, 5.41) is 12.3. The molecular weight excluding hydrogens is 214 g/mol. The van der Waals surface area contributed by atoms with Gasteiger partial charge in [-0.1, -0.05) is 0 Å². The quantitative estimate of drug-likeness (QED) is 0.829. The van der Waals surface area contributed by atoms with Crippen molar-refractivity contribution < 1.29 is 4.74 Å². The lowest BCUT2D eigenvalue weighted by atomic mass is 9.78. The molecule has 1 saturated carbocycles. The molecule has 17 heavy (non-hydrogen) atoms. The summed E-state index contributed by atoms with van der Waals surface area (Å²) in [6.07, 6.45) is 3.29. The average molecular weight is 231 g/mol. The molecule has 0 heterocycles. The van der Waals surface area contributed by atoms with E-state index in [1.807, 2.05) is 6.07 Å². The largest absolute Gasteiger partial charge is 0.497 e. The lowest BCUT2D eigenvalue weighted by Crippen LogP contribution is -2.52. The fourth-order valence-electron chi connectivity index (χ4n) is 1.97. The van der Waals surface area contributed by atoms with Gasteiger partial charge in [-0.2, -0.15) is 5.26 Å². The second-order valence-electron chi connectivity index (χ2n) is 4.59. The highest BCUT2D eigenvalue weighted by Gasteiger charge is 2.32. The molecule has 0 aromatic heterocycles. The van der Waals surface area contributed by atoms with E-state index < -0.39 is 0 Å². The van der Waals surface area contributed by atoms with Crippen molar-refractivity contribution in [2.75, 3.05) is 19.0 Å². The summed E-state index contributed by atoms with van der Waals surface area (Å²) in [6.45, 7) is 0.703. The Morgan fingerprint density at radius 2 is 2.29 bits per heavy atom. The van der Waals surface area contributed by atoms with E-state index in [1.165, 1.54) is 6.42 Å². The maximum Gasteiger partial charge on any atom is 0.121 e. The molecule has 1 fully saturated rings. The van der Waals surface area contributed by atoms with E-state index in [2.05, 4.69) is 11.4 Å². The van der Waals surface area contributed by atoms with Gasteiger partial charge in [-0.15, -0.1) is 0 Å². The van der Waals surface area contributed by atoms with Crippen LogP contribution in [0.4, 0.5) is 5.69 Å². The minimum atomic E-state index is -0.101. The zero-order valence-electron chi connectivity index (χ0n) is 9.99. The SMILES string of the molecule is COc1ccc(C#N)c(NCC2(N)CCC2)c1. The molecule has 0 spiro atoms. The molecule has 2 rings (SSSR count). The number of nitrogens with two attached hydrogens (primary N) is 1. The van der Waals surface area contributed by atoms with Crippen LogP contribution in [-0.2, 0) is 0 Å². The third kappa shape index (κ3) is 2.51. The average Bonchev–Trinajstić information content (AvgIpc) is 2.33. The molecule has 1 aromatic carbocycles. The fraction of sp³-hybridized carbons (Fsp3) is 0.462. The van der Waals surface area contributed by atoms with Gasteiger partial charge in [0.25, 0.3) is 0 Å². The third-order valence-corrected chi connectivity index (χ3v) is 3.33. The van der Waals surface area contributed by atoms with Gasteiger partial charge in [0.15, 0.2) is 0 Å². The molecular formula is C13H17N3O. The molecule has 0 atom stereocenters. The maximum absolute atomic E-state index is 9.02. The number of ether oxygens (including phenoxy) is 1. The minimum Gasteiger partial charge on any atom is -0.497 e. The Balaban J connectivity index is 2.10. The first-order valence-corrected chi connectivity index (χ1v) is 5.78. The minimum absolute atomic E-state index is 0.101. The standard InChI is InChI=1S/C13H17N3O/c1-17-11-4-3-10(8-14)12(7-11)16-9-13(15)5-2-6-13/h3-4,7,16H,2,5-6,9,15H2,1H3. The Morgan fingerprint density at radius 1 is 1.53 bits per heavy atom. The zero-order chi connectivity index (χ0) is 12.3. The third-order valence-electron chi connectivity index (χ3n) is 3.33. The number of rotatable bonds is 4. The van der Waals surface area contributed by atoms with Gasteiger partial charge in [0, 0.05) is 18.2 Å². The van der Waals surface area contributed by atoms with E-state index in [0.29, 0.717) is 12.1 Å². The molecule has 0 bridgehead atoms. The van der Waals surface area contributed by atoms with Crippen LogP contribution in [0.15, 0.2) is 18.2 Å². The summed E-state index contributed by atoms with van der Waals surface area (Å²) in [6, 6.07) is 7.53. The van der Waals surface area contributed by atoms with Crippen LogP contribution in [0.1, 0.15) is 24.8 Å². The van der Waals surface area contributed by atoms with Crippen molar-refractivity contribution in [3.8, 4) is 11.8 Å². The summed E-state index contributed by atoms with van der Waals surface area (Å²) in [7, 11) is 1.61. The highest BCUT2D eigenvalue weighted by Crippen LogP contribution is 2.30. The van der Waals surface area contributed by atoms with Crippen LogP contribution in [0.3, 0.4) is 0 Å². The van der Waals surface area contributed by atoms with E-state index in [0.717, 1.165) is 24.3 Å². The number of methoxy groups -OCH3 is 1. The number of hydrogen-bond donors (Lipinski definition) is 2. The Morgan fingerprint density at radius 3 is 2.82 bits per heavy atom. The molecule has 0 amide bonds.